The number of carbonyl (C=O) groups is 1. The first-order valence-corrected chi connectivity index (χ1v) is 7.55. The molecule has 0 radical (unpaired) electrons. The molecule has 7 heteroatoms. The standard InChI is InChI=1S/C17H21FN4O2/c1-16(2,3)22-14-11(8-7-10(19-6)13(14)18)20-15(22)21-12(23)9-17(4,5)24/h7-8,24H,9H2,1-5H3,(H,20,21,23). The first-order chi connectivity index (χ1) is 10.9. The van der Waals surface area contributed by atoms with Gasteiger partial charge in [-0.15, -0.1) is 0 Å². The molecule has 1 aromatic heterocycles. The van der Waals surface area contributed by atoms with Crippen molar-refractivity contribution in [3.63, 3.8) is 0 Å². The van der Waals surface area contributed by atoms with E-state index in [2.05, 4.69) is 15.1 Å². The van der Waals surface area contributed by atoms with E-state index in [1.54, 1.807) is 10.6 Å². The van der Waals surface area contributed by atoms with Gasteiger partial charge >= 0.3 is 0 Å². The molecule has 1 aromatic carbocycles. The maximum atomic E-state index is 14.7. The highest BCUT2D eigenvalue weighted by Gasteiger charge is 2.27. The molecule has 0 saturated carbocycles. The molecule has 0 aliphatic rings. The molecule has 0 aliphatic carbocycles. The fourth-order valence-electron chi connectivity index (χ4n) is 2.50. The van der Waals surface area contributed by atoms with Gasteiger partial charge in [0.15, 0.2) is 5.82 Å². The molecule has 0 fully saturated rings. The molecule has 0 saturated heterocycles. The highest BCUT2D eigenvalue weighted by molar-refractivity contribution is 5.93. The van der Waals surface area contributed by atoms with Crippen LogP contribution in [0.2, 0.25) is 0 Å². The van der Waals surface area contributed by atoms with E-state index in [9.17, 15) is 14.3 Å². The molecule has 1 heterocycles. The van der Waals surface area contributed by atoms with Crippen LogP contribution in [0, 0.1) is 12.4 Å². The highest BCUT2D eigenvalue weighted by Crippen LogP contribution is 2.33. The third-order valence-corrected chi connectivity index (χ3v) is 3.37. The van der Waals surface area contributed by atoms with E-state index >= 15 is 0 Å². The maximum absolute atomic E-state index is 14.7. The molecule has 6 nitrogen and oxygen atoms in total. The van der Waals surface area contributed by atoms with Crippen molar-refractivity contribution in [2.75, 3.05) is 5.32 Å². The Balaban J connectivity index is 2.61. The van der Waals surface area contributed by atoms with Crippen LogP contribution in [0.4, 0.5) is 16.0 Å². The van der Waals surface area contributed by atoms with Gasteiger partial charge in [-0.2, -0.15) is 0 Å². The SMILES string of the molecule is [C-]#[N+]c1ccc2nc(NC(=O)CC(C)(C)O)n(C(C)(C)C)c2c1F. The monoisotopic (exact) mass is 332 g/mol. The van der Waals surface area contributed by atoms with Crippen LogP contribution >= 0.6 is 0 Å². The second-order valence-electron chi connectivity index (χ2n) is 7.36. The van der Waals surface area contributed by atoms with E-state index in [1.807, 2.05) is 20.8 Å². The zero-order chi connectivity index (χ0) is 18.3. The van der Waals surface area contributed by atoms with E-state index in [1.165, 1.54) is 19.9 Å². The Kier molecular flexibility index (Phi) is 4.38. The first-order valence-electron chi connectivity index (χ1n) is 7.55. The highest BCUT2D eigenvalue weighted by atomic mass is 19.1. The summed E-state index contributed by atoms with van der Waals surface area (Å²) in [5, 5.41) is 12.4. The molecule has 2 N–H and O–H groups in total. The van der Waals surface area contributed by atoms with Gasteiger partial charge in [-0.1, -0.05) is 6.07 Å². The van der Waals surface area contributed by atoms with Crippen molar-refractivity contribution < 1.29 is 14.3 Å². The molecule has 128 valence electrons. The van der Waals surface area contributed by atoms with Gasteiger partial charge in [-0.25, -0.2) is 14.2 Å². The number of nitrogens with zero attached hydrogens (tertiary/aromatic N) is 3. The first kappa shape index (κ1) is 17.9. The predicted octanol–water partition coefficient (Wildman–Crippen LogP) is 3.58. The zero-order valence-corrected chi connectivity index (χ0v) is 14.4. The minimum Gasteiger partial charge on any atom is -0.390 e. The van der Waals surface area contributed by atoms with E-state index in [0.29, 0.717) is 5.52 Å². The Morgan fingerprint density at radius 3 is 2.50 bits per heavy atom. The van der Waals surface area contributed by atoms with Crippen LogP contribution in [0.15, 0.2) is 12.1 Å². The van der Waals surface area contributed by atoms with Gasteiger partial charge in [0.05, 0.1) is 29.6 Å². The molecule has 0 bridgehead atoms. The normalized spacial score (nSPS) is 12.2. The average Bonchev–Trinajstić information content (AvgIpc) is 2.75. The number of imidazole rings is 1. The summed E-state index contributed by atoms with van der Waals surface area (Å²) in [6.45, 7) is 15.7. The van der Waals surface area contributed by atoms with Crippen molar-refractivity contribution in [3.8, 4) is 0 Å². The fourth-order valence-corrected chi connectivity index (χ4v) is 2.50. The lowest BCUT2D eigenvalue weighted by molar-refractivity contribution is -0.119. The molecule has 2 rings (SSSR count). The maximum Gasteiger partial charge on any atom is 0.229 e. The summed E-state index contributed by atoms with van der Waals surface area (Å²) in [5.41, 5.74) is -1.30. The van der Waals surface area contributed by atoms with Crippen molar-refractivity contribution in [2.24, 2.45) is 0 Å². The van der Waals surface area contributed by atoms with Crippen LogP contribution < -0.4 is 5.32 Å². The van der Waals surface area contributed by atoms with Gasteiger partial charge in [0, 0.05) is 5.54 Å². The predicted molar refractivity (Wildman–Crippen MR) is 90.5 cm³/mol. The number of amides is 1. The Hall–Kier alpha value is -2.46. The number of hydrogen-bond acceptors (Lipinski definition) is 3. The minimum atomic E-state index is -1.16. The van der Waals surface area contributed by atoms with Crippen molar-refractivity contribution in [3.05, 3.63) is 29.4 Å². The van der Waals surface area contributed by atoms with Gasteiger partial charge in [0.1, 0.15) is 0 Å². The average molecular weight is 332 g/mol. The summed E-state index contributed by atoms with van der Waals surface area (Å²) in [5.74, 6) is -0.894. The van der Waals surface area contributed by atoms with Crippen LogP contribution in [0.25, 0.3) is 15.9 Å². The van der Waals surface area contributed by atoms with Crippen molar-refractivity contribution in [1.82, 2.24) is 9.55 Å². The number of nitrogens with one attached hydrogen (secondary N) is 1. The number of rotatable bonds is 3. The number of halogens is 1. The molecule has 0 aliphatic heterocycles. The van der Waals surface area contributed by atoms with E-state index < -0.39 is 22.9 Å². The quantitative estimate of drug-likeness (QED) is 0.844. The second-order valence-corrected chi connectivity index (χ2v) is 7.36. The summed E-state index contributed by atoms with van der Waals surface area (Å²) in [4.78, 5) is 19.6. The Morgan fingerprint density at radius 1 is 1.38 bits per heavy atom. The van der Waals surface area contributed by atoms with Crippen LogP contribution in [0.1, 0.15) is 41.0 Å². The zero-order valence-electron chi connectivity index (χ0n) is 14.4. The molecule has 0 unspecified atom stereocenters. The van der Waals surface area contributed by atoms with Crippen molar-refractivity contribution in [2.45, 2.75) is 52.2 Å². The Bertz CT molecular complexity index is 835. The molecule has 2 aromatic rings. The summed E-state index contributed by atoms with van der Waals surface area (Å²) in [6.07, 6.45) is -0.115. The number of hydrogen-bond donors (Lipinski definition) is 2. The fraction of sp³-hybridized carbons (Fsp3) is 0.471. The Labute approximate surface area is 140 Å². The smallest absolute Gasteiger partial charge is 0.229 e. The number of benzene rings is 1. The van der Waals surface area contributed by atoms with Crippen LogP contribution in [0.5, 0.6) is 0 Å². The molecular formula is C17H21FN4O2. The third kappa shape index (κ3) is 3.54. The van der Waals surface area contributed by atoms with E-state index in [4.69, 9.17) is 6.57 Å². The lowest BCUT2D eigenvalue weighted by atomic mass is 10.1. The van der Waals surface area contributed by atoms with Gasteiger partial charge in [0.2, 0.25) is 17.5 Å². The van der Waals surface area contributed by atoms with Gasteiger partial charge in [0.25, 0.3) is 0 Å². The van der Waals surface area contributed by atoms with E-state index in [-0.39, 0.29) is 23.6 Å². The van der Waals surface area contributed by atoms with Gasteiger partial charge < -0.3 is 9.67 Å². The van der Waals surface area contributed by atoms with Gasteiger partial charge in [-0.3, -0.25) is 10.1 Å². The Morgan fingerprint density at radius 2 is 2.00 bits per heavy atom. The van der Waals surface area contributed by atoms with Crippen molar-refractivity contribution in [1.29, 1.82) is 0 Å². The van der Waals surface area contributed by atoms with E-state index in [0.717, 1.165) is 0 Å². The number of fused-ring (bicyclic) bond motifs is 1. The van der Waals surface area contributed by atoms with Gasteiger partial charge in [-0.05, 0) is 40.7 Å². The number of aromatic nitrogens is 2. The number of carbonyl (C=O) groups excluding carboxylic acids is 1. The minimum absolute atomic E-state index is 0.0951. The number of aliphatic hydroxyl groups is 1. The third-order valence-electron chi connectivity index (χ3n) is 3.37. The molecule has 24 heavy (non-hydrogen) atoms. The van der Waals surface area contributed by atoms with Crippen LogP contribution in [-0.4, -0.2) is 26.2 Å². The number of anilines is 1. The topological polar surface area (TPSA) is 71.5 Å². The second kappa shape index (κ2) is 5.87. The summed E-state index contributed by atoms with van der Waals surface area (Å²) in [7, 11) is 0. The summed E-state index contributed by atoms with van der Waals surface area (Å²) < 4.78 is 16.2. The molecule has 0 spiro atoms. The van der Waals surface area contributed by atoms with Crippen molar-refractivity contribution >= 4 is 28.6 Å². The van der Waals surface area contributed by atoms with Crippen LogP contribution in [0.3, 0.4) is 0 Å². The van der Waals surface area contributed by atoms with Crippen LogP contribution in [-0.2, 0) is 10.3 Å². The molecular weight excluding hydrogens is 311 g/mol. The largest absolute Gasteiger partial charge is 0.390 e. The summed E-state index contributed by atoms with van der Waals surface area (Å²) >= 11 is 0. The molecule has 1 amide bonds. The molecule has 0 atom stereocenters. The lowest BCUT2D eigenvalue weighted by Crippen LogP contribution is -2.30. The lowest BCUT2D eigenvalue weighted by Gasteiger charge is -2.25. The summed E-state index contributed by atoms with van der Waals surface area (Å²) in [6, 6.07) is 2.92.